The minimum Gasteiger partial charge on any atom is -0.379 e. The summed E-state index contributed by atoms with van der Waals surface area (Å²) in [6.07, 6.45) is 0. The molecule has 0 N–H and O–H groups in total. The van der Waals surface area contributed by atoms with Crippen LogP contribution in [0.5, 0.6) is 0 Å². The maximum absolute atomic E-state index is 5.32. The molecular weight excluding hydrogens is 174 g/mol. The van der Waals surface area contributed by atoms with Gasteiger partial charge in [0.2, 0.25) is 0 Å². The molecule has 2 nitrogen and oxygen atoms in total. The molecule has 1 heterocycles. The summed E-state index contributed by atoms with van der Waals surface area (Å²) in [5.41, 5.74) is 2.74. The minimum absolute atomic E-state index is 0.873. The van der Waals surface area contributed by atoms with Crippen molar-refractivity contribution in [1.82, 2.24) is 4.90 Å². The van der Waals surface area contributed by atoms with E-state index >= 15 is 0 Å². The van der Waals surface area contributed by atoms with Gasteiger partial charge in [-0.1, -0.05) is 18.2 Å². The molecule has 1 saturated heterocycles. The van der Waals surface area contributed by atoms with Crippen LogP contribution in [0, 0.1) is 13.0 Å². The van der Waals surface area contributed by atoms with Crippen molar-refractivity contribution in [3.8, 4) is 0 Å². The van der Waals surface area contributed by atoms with Gasteiger partial charge < -0.3 is 4.74 Å². The average Bonchev–Trinajstić information content (AvgIpc) is 2.23. The van der Waals surface area contributed by atoms with Crippen LogP contribution in [0.15, 0.2) is 18.2 Å². The number of ether oxygens (including phenoxy) is 1. The van der Waals surface area contributed by atoms with Crippen molar-refractivity contribution >= 4 is 0 Å². The van der Waals surface area contributed by atoms with Gasteiger partial charge in [0.25, 0.3) is 0 Å². The topological polar surface area (TPSA) is 12.5 Å². The quantitative estimate of drug-likeness (QED) is 0.702. The Bertz CT molecular complexity index is 292. The molecule has 1 aromatic rings. The molecule has 1 aliphatic heterocycles. The highest BCUT2D eigenvalue weighted by Crippen LogP contribution is 2.10. The third-order valence-corrected chi connectivity index (χ3v) is 2.68. The maximum Gasteiger partial charge on any atom is 0.0594 e. The van der Waals surface area contributed by atoms with Crippen LogP contribution in [0.3, 0.4) is 0 Å². The standard InChI is InChI=1S/C12H16NO/c1-11-4-2-3-5-12(11)10-13-6-8-14-9-7-13/h3-5H,6-10H2,1H3. The Balaban J connectivity index is 1.99. The maximum atomic E-state index is 5.32. The fraction of sp³-hybridized carbons (Fsp3) is 0.500. The van der Waals surface area contributed by atoms with Crippen LogP contribution in [-0.4, -0.2) is 31.2 Å². The Hall–Kier alpha value is -0.860. The second kappa shape index (κ2) is 4.58. The van der Waals surface area contributed by atoms with Crippen LogP contribution in [0.25, 0.3) is 0 Å². The van der Waals surface area contributed by atoms with Crippen LogP contribution in [0.1, 0.15) is 11.1 Å². The molecule has 0 unspecified atom stereocenters. The second-order valence-corrected chi connectivity index (χ2v) is 3.74. The summed E-state index contributed by atoms with van der Waals surface area (Å²) in [5.74, 6) is 0. The zero-order valence-corrected chi connectivity index (χ0v) is 8.62. The molecule has 0 amide bonds. The highest BCUT2D eigenvalue weighted by molar-refractivity contribution is 5.24. The van der Waals surface area contributed by atoms with Crippen LogP contribution in [0.4, 0.5) is 0 Å². The molecule has 1 radical (unpaired) electrons. The average molecular weight is 190 g/mol. The van der Waals surface area contributed by atoms with E-state index in [1.807, 2.05) is 6.07 Å². The van der Waals surface area contributed by atoms with E-state index in [4.69, 9.17) is 4.74 Å². The van der Waals surface area contributed by atoms with Crippen LogP contribution in [-0.2, 0) is 11.3 Å². The first-order valence-corrected chi connectivity index (χ1v) is 5.12. The number of morpholine rings is 1. The number of rotatable bonds is 2. The summed E-state index contributed by atoms with van der Waals surface area (Å²) >= 11 is 0. The third kappa shape index (κ3) is 2.34. The molecule has 0 saturated carbocycles. The van der Waals surface area contributed by atoms with E-state index in [1.54, 1.807) is 0 Å². The Labute approximate surface area is 85.5 Å². The monoisotopic (exact) mass is 190 g/mol. The molecular formula is C12H16NO. The molecule has 2 rings (SSSR count). The molecule has 0 spiro atoms. The highest BCUT2D eigenvalue weighted by Gasteiger charge is 2.10. The number of benzene rings is 1. The van der Waals surface area contributed by atoms with E-state index in [0.717, 1.165) is 32.8 Å². The van der Waals surface area contributed by atoms with Crippen molar-refractivity contribution in [2.24, 2.45) is 0 Å². The fourth-order valence-corrected chi connectivity index (χ4v) is 1.72. The molecule has 1 aromatic carbocycles. The summed E-state index contributed by atoms with van der Waals surface area (Å²) in [7, 11) is 0. The Kier molecular flexibility index (Phi) is 3.17. The first kappa shape index (κ1) is 9.69. The van der Waals surface area contributed by atoms with Gasteiger partial charge in [0.05, 0.1) is 13.2 Å². The summed E-state index contributed by atoms with van der Waals surface area (Å²) in [6, 6.07) is 9.29. The first-order chi connectivity index (χ1) is 6.86. The third-order valence-electron chi connectivity index (χ3n) is 2.68. The SMILES string of the molecule is Cc1c[c]ccc1CN1CCOCC1. The van der Waals surface area contributed by atoms with Gasteiger partial charge in [0, 0.05) is 19.6 Å². The lowest BCUT2D eigenvalue weighted by Gasteiger charge is -2.27. The van der Waals surface area contributed by atoms with E-state index in [0.29, 0.717) is 0 Å². The lowest BCUT2D eigenvalue weighted by atomic mass is 10.1. The zero-order chi connectivity index (χ0) is 9.80. The number of nitrogens with zero attached hydrogens (tertiary/aromatic N) is 1. The van der Waals surface area contributed by atoms with Crippen molar-refractivity contribution in [1.29, 1.82) is 0 Å². The van der Waals surface area contributed by atoms with Crippen molar-refractivity contribution in [2.75, 3.05) is 26.3 Å². The fourth-order valence-electron chi connectivity index (χ4n) is 1.72. The van der Waals surface area contributed by atoms with Crippen molar-refractivity contribution < 1.29 is 4.74 Å². The van der Waals surface area contributed by atoms with E-state index in [9.17, 15) is 0 Å². The smallest absolute Gasteiger partial charge is 0.0594 e. The van der Waals surface area contributed by atoms with Gasteiger partial charge in [-0.2, -0.15) is 0 Å². The Morgan fingerprint density at radius 1 is 1.43 bits per heavy atom. The summed E-state index contributed by atoms with van der Waals surface area (Å²) in [4.78, 5) is 2.44. The van der Waals surface area contributed by atoms with Crippen molar-refractivity contribution in [2.45, 2.75) is 13.5 Å². The highest BCUT2D eigenvalue weighted by atomic mass is 16.5. The molecule has 1 aliphatic rings. The van der Waals surface area contributed by atoms with E-state index < -0.39 is 0 Å². The molecule has 75 valence electrons. The number of hydrogen-bond donors (Lipinski definition) is 0. The molecule has 0 aliphatic carbocycles. The van der Waals surface area contributed by atoms with E-state index in [1.165, 1.54) is 11.1 Å². The van der Waals surface area contributed by atoms with Crippen LogP contribution in [0.2, 0.25) is 0 Å². The van der Waals surface area contributed by atoms with Gasteiger partial charge >= 0.3 is 0 Å². The summed E-state index contributed by atoms with van der Waals surface area (Å²) in [5, 5.41) is 0. The molecule has 0 aromatic heterocycles. The Morgan fingerprint density at radius 3 is 2.93 bits per heavy atom. The predicted molar refractivity (Wildman–Crippen MR) is 56.1 cm³/mol. The van der Waals surface area contributed by atoms with Crippen LogP contribution < -0.4 is 0 Å². The number of aryl methyl sites for hydroxylation is 1. The molecule has 0 atom stereocenters. The minimum atomic E-state index is 0.873. The zero-order valence-electron chi connectivity index (χ0n) is 8.62. The van der Waals surface area contributed by atoms with Crippen molar-refractivity contribution in [3.05, 3.63) is 35.4 Å². The summed E-state index contributed by atoms with van der Waals surface area (Å²) < 4.78 is 5.32. The van der Waals surface area contributed by atoms with E-state index in [-0.39, 0.29) is 0 Å². The number of hydrogen-bond acceptors (Lipinski definition) is 2. The summed E-state index contributed by atoms with van der Waals surface area (Å²) in [6.45, 7) is 7.04. The van der Waals surface area contributed by atoms with Gasteiger partial charge in [0.15, 0.2) is 0 Å². The molecule has 2 heteroatoms. The molecule has 14 heavy (non-hydrogen) atoms. The first-order valence-electron chi connectivity index (χ1n) is 5.12. The lowest BCUT2D eigenvalue weighted by molar-refractivity contribution is 0.0341. The largest absolute Gasteiger partial charge is 0.379 e. The van der Waals surface area contributed by atoms with Gasteiger partial charge in [0.1, 0.15) is 0 Å². The van der Waals surface area contributed by atoms with Crippen LogP contribution >= 0.6 is 0 Å². The van der Waals surface area contributed by atoms with E-state index in [2.05, 4.69) is 30.0 Å². The van der Waals surface area contributed by atoms with Gasteiger partial charge in [-0.05, 0) is 24.1 Å². The van der Waals surface area contributed by atoms with Crippen molar-refractivity contribution in [3.63, 3.8) is 0 Å². The van der Waals surface area contributed by atoms with Gasteiger partial charge in [-0.25, -0.2) is 0 Å². The Morgan fingerprint density at radius 2 is 2.21 bits per heavy atom. The molecule has 1 fully saturated rings. The lowest BCUT2D eigenvalue weighted by Crippen LogP contribution is -2.35. The van der Waals surface area contributed by atoms with Gasteiger partial charge in [-0.15, -0.1) is 0 Å². The predicted octanol–water partition coefficient (Wildman–Crippen LogP) is 1.63. The second-order valence-electron chi connectivity index (χ2n) is 3.74. The van der Waals surface area contributed by atoms with Gasteiger partial charge in [-0.3, -0.25) is 4.90 Å². The molecule has 0 bridgehead atoms. The normalized spacial score (nSPS) is 18.4.